The lowest BCUT2D eigenvalue weighted by atomic mass is 9.97. The molecule has 0 spiro atoms. The summed E-state index contributed by atoms with van der Waals surface area (Å²) in [5.41, 5.74) is 1.40. The Morgan fingerprint density at radius 1 is 1.12 bits per heavy atom. The molecule has 1 unspecified atom stereocenters. The van der Waals surface area contributed by atoms with Crippen LogP contribution in [0.2, 0.25) is 0 Å². The van der Waals surface area contributed by atoms with Crippen LogP contribution in [0.4, 0.5) is 0 Å². The molecule has 1 aromatic carbocycles. The lowest BCUT2D eigenvalue weighted by Gasteiger charge is -2.44. The van der Waals surface area contributed by atoms with Crippen LogP contribution in [0.3, 0.4) is 0 Å². The van der Waals surface area contributed by atoms with E-state index in [9.17, 15) is 4.79 Å². The number of carbonyl (C=O) groups is 1. The minimum Gasteiger partial charge on any atom is -0.317 e. The van der Waals surface area contributed by atoms with Gasteiger partial charge in [-0.05, 0) is 0 Å². The smallest absolute Gasteiger partial charge is 0.144 e. The van der Waals surface area contributed by atoms with E-state index in [0.717, 1.165) is 23.9 Å². The summed E-state index contributed by atoms with van der Waals surface area (Å²) < 4.78 is 1.09. The zero-order valence-corrected chi connectivity index (χ0v) is 10.4. The molecule has 17 heavy (non-hydrogen) atoms. The van der Waals surface area contributed by atoms with E-state index in [1.807, 2.05) is 0 Å². The fourth-order valence-corrected chi connectivity index (χ4v) is 3.74. The van der Waals surface area contributed by atoms with Crippen LogP contribution in [0.25, 0.3) is 0 Å². The van der Waals surface area contributed by atoms with Gasteiger partial charge in [0.2, 0.25) is 0 Å². The summed E-state index contributed by atoms with van der Waals surface area (Å²) in [7, 11) is 2.35. The van der Waals surface area contributed by atoms with Crippen LogP contribution in [0.15, 0.2) is 30.3 Å². The molecule has 2 heterocycles. The van der Waals surface area contributed by atoms with E-state index >= 15 is 0 Å². The van der Waals surface area contributed by atoms with Crippen molar-refractivity contribution in [1.29, 1.82) is 0 Å². The largest absolute Gasteiger partial charge is 0.317 e. The van der Waals surface area contributed by atoms with Gasteiger partial charge in [0.25, 0.3) is 0 Å². The lowest BCUT2D eigenvalue weighted by Crippen LogP contribution is -2.56. The summed E-state index contributed by atoms with van der Waals surface area (Å²) in [6.45, 7) is 1.09. The Balaban J connectivity index is 1.85. The summed E-state index contributed by atoms with van der Waals surface area (Å²) in [6, 6.07) is 11.8. The maximum Gasteiger partial charge on any atom is 0.144 e. The van der Waals surface area contributed by atoms with Gasteiger partial charge in [-0.15, -0.1) is 0 Å². The number of ketones is 1. The van der Waals surface area contributed by atoms with E-state index < -0.39 is 0 Å². The molecule has 0 amide bonds. The predicted octanol–water partition coefficient (Wildman–Crippen LogP) is 2.53. The number of hydrogen-bond donors (Lipinski definition) is 0. The summed E-state index contributed by atoms with van der Waals surface area (Å²) in [4.78, 5) is 11.7. The molecule has 0 N–H and O–H groups in total. The number of benzene rings is 1. The molecule has 1 aromatic rings. The average Bonchev–Trinajstić information content (AvgIpc) is 2.52. The Morgan fingerprint density at radius 3 is 2.29 bits per heavy atom. The molecule has 2 aliphatic heterocycles. The Hall–Kier alpha value is -1.15. The normalized spacial score (nSPS) is 36.2. The van der Waals surface area contributed by atoms with E-state index in [2.05, 4.69) is 37.4 Å². The number of hydrogen-bond acceptors (Lipinski definition) is 1. The highest BCUT2D eigenvalue weighted by molar-refractivity contribution is 5.80. The maximum absolute atomic E-state index is 11.7. The van der Waals surface area contributed by atoms with Crippen LogP contribution >= 0.6 is 0 Å². The monoisotopic (exact) mass is 230 g/mol. The van der Waals surface area contributed by atoms with Crippen molar-refractivity contribution in [1.82, 2.24) is 0 Å². The number of quaternary nitrogens is 1. The third-order valence-electron chi connectivity index (χ3n) is 4.79. The molecule has 0 aliphatic carbocycles. The molecule has 2 aliphatic rings. The molecule has 2 bridgehead atoms. The van der Waals surface area contributed by atoms with Gasteiger partial charge in [-0.3, -0.25) is 4.79 Å². The number of piperidine rings is 1. The molecule has 0 aromatic heterocycles. The van der Waals surface area contributed by atoms with Crippen LogP contribution < -0.4 is 0 Å². The zero-order chi connectivity index (χ0) is 11.9. The Bertz CT molecular complexity index is 410. The summed E-state index contributed by atoms with van der Waals surface area (Å²) in [6.07, 6.45) is 4.08. The first kappa shape index (κ1) is 11.0. The lowest BCUT2D eigenvalue weighted by molar-refractivity contribution is -0.957. The summed E-state index contributed by atoms with van der Waals surface area (Å²) >= 11 is 0. The van der Waals surface area contributed by atoms with Crippen molar-refractivity contribution in [2.24, 2.45) is 0 Å². The van der Waals surface area contributed by atoms with Crippen molar-refractivity contribution in [3.8, 4) is 0 Å². The second-order valence-corrected chi connectivity index (χ2v) is 5.82. The molecule has 2 saturated heterocycles. The molecule has 0 saturated carbocycles. The zero-order valence-electron chi connectivity index (χ0n) is 10.4. The Morgan fingerprint density at radius 2 is 1.71 bits per heavy atom. The van der Waals surface area contributed by atoms with Gasteiger partial charge in [0.15, 0.2) is 0 Å². The quantitative estimate of drug-likeness (QED) is 0.714. The van der Waals surface area contributed by atoms with Gasteiger partial charge >= 0.3 is 0 Å². The second-order valence-electron chi connectivity index (χ2n) is 5.82. The number of rotatable bonds is 2. The molecule has 2 fully saturated rings. The first-order chi connectivity index (χ1) is 8.18. The number of nitrogens with zero attached hydrogens (tertiary/aromatic N) is 1. The van der Waals surface area contributed by atoms with E-state index in [4.69, 9.17) is 0 Å². The van der Waals surface area contributed by atoms with Crippen LogP contribution in [0, 0.1) is 0 Å². The van der Waals surface area contributed by atoms with E-state index in [1.54, 1.807) is 0 Å². The number of fused-ring (bicyclic) bond motifs is 2. The standard InChI is InChI=1S/C15H20NO/c1-16(11-12-5-3-2-4-6-12)13-7-8-14(16)10-15(17)9-13/h2-6,13-14H,7-11H2,1H3/q+1/t13-,14+,16?. The Kier molecular flexibility index (Phi) is 2.55. The van der Waals surface area contributed by atoms with Gasteiger partial charge in [-0.25, -0.2) is 0 Å². The highest BCUT2D eigenvalue weighted by atomic mass is 16.1. The summed E-state index contributed by atoms with van der Waals surface area (Å²) in [5.74, 6) is 0.487. The first-order valence-electron chi connectivity index (χ1n) is 6.59. The fourth-order valence-electron chi connectivity index (χ4n) is 3.74. The third kappa shape index (κ3) is 1.81. The van der Waals surface area contributed by atoms with Gasteiger partial charge in [-0.2, -0.15) is 0 Å². The van der Waals surface area contributed by atoms with Crippen molar-refractivity contribution >= 4 is 5.78 Å². The molecular weight excluding hydrogens is 210 g/mol. The van der Waals surface area contributed by atoms with E-state index in [0.29, 0.717) is 17.9 Å². The average molecular weight is 230 g/mol. The predicted molar refractivity (Wildman–Crippen MR) is 67.4 cm³/mol. The summed E-state index contributed by atoms with van der Waals surface area (Å²) in [5, 5.41) is 0. The molecule has 3 rings (SSSR count). The molecular formula is C15H20NO+. The molecule has 90 valence electrons. The topological polar surface area (TPSA) is 17.1 Å². The van der Waals surface area contributed by atoms with Crippen molar-refractivity contribution in [3.05, 3.63) is 35.9 Å². The van der Waals surface area contributed by atoms with Crippen LogP contribution in [0.5, 0.6) is 0 Å². The minimum atomic E-state index is 0.487. The number of Topliss-reactive ketones (excluding diaryl/α,β-unsaturated/α-hetero) is 1. The van der Waals surface area contributed by atoms with Gasteiger partial charge < -0.3 is 4.48 Å². The van der Waals surface area contributed by atoms with E-state index in [-0.39, 0.29) is 0 Å². The molecule has 0 radical (unpaired) electrons. The van der Waals surface area contributed by atoms with Gasteiger partial charge in [0.1, 0.15) is 12.3 Å². The van der Waals surface area contributed by atoms with Crippen molar-refractivity contribution in [3.63, 3.8) is 0 Å². The van der Waals surface area contributed by atoms with Gasteiger partial charge in [-0.1, -0.05) is 30.3 Å². The van der Waals surface area contributed by atoms with Crippen molar-refractivity contribution < 1.29 is 9.28 Å². The third-order valence-corrected chi connectivity index (χ3v) is 4.79. The van der Waals surface area contributed by atoms with Crippen molar-refractivity contribution in [2.75, 3.05) is 7.05 Å². The minimum absolute atomic E-state index is 0.487. The van der Waals surface area contributed by atoms with Crippen LogP contribution in [-0.2, 0) is 11.3 Å². The van der Waals surface area contributed by atoms with Crippen molar-refractivity contribution in [2.45, 2.75) is 44.3 Å². The fraction of sp³-hybridized carbons (Fsp3) is 0.533. The Labute approximate surface area is 103 Å². The second kappa shape index (κ2) is 3.95. The van der Waals surface area contributed by atoms with Crippen LogP contribution in [0.1, 0.15) is 31.2 Å². The number of carbonyl (C=O) groups excluding carboxylic acids is 1. The first-order valence-corrected chi connectivity index (χ1v) is 6.59. The molecule has 2 heteroatoms. The van der Waals surface area contributed by atoms with Gasteiger partial charge in [0.05, 0.1) is 32.0 Å². The SMILES string of the molecule is C[N+]1(Cc2ccccc2)[C@@H]2CC[C@H]1CC(=O)C2. The molecule has 2 nitrogen and oxygen atoms in total. The van der Waals surface area contributed by atoms with Crippen LogP contribution in [-0.4, -0.2) is 29.4 Å². The maximum atomic E-state index is 11.7. The highest BCUT2D eigenvalue weighted by Gasteiger charge is 2.50. The van der Waals surface area contributed by atoms with Gasteiger partial charge in [0, 0.05) is 18.4 Å². The van der Waals surface area contributed by atoms with E-state index in [1.165, 1.54) is 18.4 Å². The highest BCUT2D eigenvalue weighted by Crippen LogP contribution is 2.41. The molecule has 3 atom stereocenters.